The van der Waals surface area contributed by atoms with E-state index in [1.54, 1.807) is 11.3 Å². The van der Waals surface area contributed by atoms with Gasteiger partial charge in [-0.2, -0.15) is 5.26 Å². The minimum atomic E-state index is 0.261. The van der Waals surface area contributed by atoms with Crippen LogP contribution in [0, 0.1) is 18.3 Å². The Labute approximate surface area is 128 Å². The fourth-order valence-corrected chi connectivity index (χ4v) is 4.18. The predicted octanol–water partition coefficient (Wildman–Crippen LogP) is 5.07. The molecular weight excluding hydrogens is 288 g/mol. The molecule has 0 spiro atoms. The van der Waals surface area contributed by atoms with Crippen LogP contribution in [0.25, 0.3) is 0 Å². The number of nitriles is 1. The molecule has 1 aliphatic carbocycles. The van der Waals surface area contributed by atoms with Crippen LogP contribution in [0.4, 0.5) is 5.69 Å². The molecule has 1 heterocycles. The number of thiophene rings is 1. The predicted molar refractivity (Wildman–Crippen MR) is 84.5 cm³/mol. The molecule has 1 aliphatic rings. The lowest BCUT2D eigenvalue weighted by atomic mass is 9.93. The maximum atomic E-state index is 9.32. The molecule has 0 saturated carbocycles. The van der Waals surface area contributed by atoms with Crippen LogP contribution in [0.2, 0.25) is 4.34 Å². The number of hydrogen-bond acceptors (Lipinski definition) is 3. The van der Waals surface area contributed by atoms with Crippen LogP contribution in [0.1, 0.15) is 40.5 Å². The molecule has 0 radical (unpaired) electrons. The highest BCUT2D eigenvalue weighted by Gasteiger charge is 2.23. The summed E-state index contributed by atoms with van der Waals surface area (Å²) >= 11 is 7.82. The minimum absolute atomic E-state index is 0.261. The van der Waals surface area contributed by atoms with Crippen molar-refractivity contribution in [3.05, 3.63) is 50.2 Å². The van der Waals surface area contributed by atoms with Crippen LogP contribution in [0.5, 0.6) is 0 Å². The molecule has 0 aliphatic heterocycles. The average molecular weight is 303 g/mol. The second-order valence-corrected chi connectivity index (χ2v) is 6.90. The highest BCUT2D eigenvalue weighted by atomic mass is 35.5. The van der Waals surface area contributed by atoms with Gasteiger partial charge in [0.05, 0.1) is 21.6 Å². The van der Waals surface area contributed by atoms with E-state index in [0.29, 0.717) is 0 Å². The number of halogens is 1. The molecule has 0 bridgehead atoms. The molecule has 1 atom stereocenters. The number of nitrogens with one attached hydrogen (secondary N) is 1. The summed E-state index contributed by atoms with van der Waals surface area (Å²) in [6, 6.07) is 10.6. The van der Waals surface area contributed by atoms with Crippen LogP contribution >= 0.6 is 22.9 Å². The van der Waals surface area contributed by atoms with Gasteiger partial charge in [-0.05, 0) is 49.4 Å². The first-order valence-electron chi connectivity index (χ1n) is 6.73. The minimum Gasteiger partial charge on any atom is -0.377 e. The van der Waals surface area contributed by atoms with Crippen molar-refractivity contribution < 1.29 is 0 Å². The van der Waals surface area contributed by atoms with Gasteiger partial charge in [-0.3, -0.25) is 0 Å². The maximum absolute atomic E-state index is 9.32. The number of aryl methyl sites for hydroxylation is 2. The van der Waals surface area contributed by atoms with E-state index in [4.69, 9.17) is 11.6 Å². The van der Waals surface area contributed by atoms with Gasteiger partial charge in [-0.1, -0.05) is 23.7 Å². The van der Waals surface area contributed by atoms with Crippen LogP contribution in [-0.2, 0) is 6.42 Å². The number of benzene rings is 1. The fraction of sp³-hybridized carbons (Fsp3) is 0.312. The average Bonchev–Trinajstić information content (AvgIpc) is 2.80. The Kier molecular flexibility index (Phi) is 3.69. The first-order chi connectivity index (χ1) is 9.69. The van der Waals surface area contributed by atoms with Gasteiger partial charge in [-0.15, -0.1) is 11.3 Å². The molecule has 1 unspecified atom stereocenters. The SMILES string of the molecule is Cc1cccc(NC2CCCc3sc(Cl)cc32)c1C#N. The van der Waals surface area contributed by atoms with Crippen molar-refractivity contribution in [2.24, 2.45) is 0 Å². The summed E-state index contributed by atoms with van der Waals surface area (Å²) in [5.41, 5.74) is 3.97. The molecule has 4 heteroatoms. The van der Waals surface area contributed by atoms with Crippen molar-refractivity contribution in [2.75, 3.05) is 5.32 Å². The fourth-order valence-electron chi connectivity index (χ4n) is 2.80. The Balaban J connectivity index is 1.94. The molecule has 0 fully saturated rings. The Morgan fingerprint density at radius 1 is 1.45 bits per heavy atom. The molecule has 3 rings (SSSR count). The van der Waals surface area contributed by atoms with Crippen LogP contribution < -0.4 is 5.32 Å². The smallest absolute Gasteiger partial charge is 0.102 e. The van der Waals surface area contributed by atoms with Gasteiger partial charge in [0, 0.05) is 4.88 Å². The first-order valence-corrected chi connectivity index (χ1v) is 7.93. The third-order valence-corrected chi connectivity index (χ3v) is 5.14. The van der Waals surface area contributed by atoms with Gasteiger partial charge in [0.1, 0.15) is 6.07 Å². The zero-order chi connectivity index (χ0) is 14.1. The molecule has 2 aromatic rings. The first kappa shape index (κ1) is 13.5. The second-order valence-electron chi connectivity index (χ2n) is 5.13. The van der Waals surface area contributed by atoms with E-state index < -0.39 is 0 Å². The van der Waals surface area contributed by atoms with Gasteiger partial charge < -0.3 is 5.32 Å². The Morgan fingerprint density at radius 2 is 2.30 bits per heavy atom. The summed E-state index contributed by atoms with van der Waals surface area (Å²) in [4.78, 5) is 1.38. The van der Waals surface area contributed by atoms with Crippen molar-refractivity contribution in [3.63, 3.8) is 0 Å². The lowest BCUT2D eigenvalue weighted by Gasteiger charge is -2.25. The van der Waals surface area contributed by atoms with E-state index in [0.717, 1.165) is 40.4 Å². The van der Waals surface area contributed by atoms with Gasteiger partial charge in [0.2, 0.25) is 0 Å². The number of hydrogen-bond donors (Lipinski definition) is 1. The van der Waals surface area contributed by atoms with Crippen LogP contribution in [-0.4, -0.2) is 0 Å². The third-order valence-electron chi connectivity index (χ3n) is 3.80. The van der Waals surface area contributed by atoms with Gasteiger partial charge >= 0.3 is 0 Å². The highest BCUT2D eigenvalue weighted by molar-refractivity contribution is 7.16. The summed E-state index contributed by atoms with van der Waals surface area (Å²) in [6.45, 7) is 1.97. The number of rotatable bonds is 2. The summed E-state index contributed by atoms with van der Waals surface area (Å²) in [7, 11) is 0. The quantitative estimate of drug-likeness (QED) is 0.840. The normalized spacial score (nSPS) is 17.4. The molecule has 0 saturated heterocycles. The van der Waals surface area contributed by atoms with E-state index >= 15 is 0 Å². The zero-order valence-corrected chi connectivity index (χ0v) is 12.8. The monoisotopic (exact) mass is 302 g/mol. The standard InChI is InChI=1S/C16H15ClN2S/c1-10-4-2-5-14(12(10)9-18)19-13-6-3-7-15-11(13)8-16(17)20-15/h2,4-5,8,13,19H,3,6-7H2,1H3. The van der Waals surface area contributed by atoms with Gasteiger partial charge in [0.15, 0.2) is 0 Å². The van der Waals surface area contributed by atoms with Crippen LogP contribution in [0.3, 0.4) is 0 Å². The van der Waals surface area contributed by atoms with Gasteiger partial charge in [-0.25, -0.2) is 0 Å². The molecule has 20 heavy (non-hydrogen) atoms. The zero-order valence-electron chi connectivity index (χ0n) is 11.2. The molecule has 102 valence electrons. The summed E-state index contributed by atoms with van der Waals surface area (Å²) < 4.78 is 0.855. The van der Waals surface area contributed by atoms with Crippen molar-refractivity contribution in [1.82, 2.24) is 0 Å². The van der Waals surface area contributed by atoms with E-state index in [2.05, 4.69) is 17.5 Å². The van der Waals surface area contributed by atoms with E-state index in [1.165, 1.54) is 10.4 Å². The molecular formula is C16H15ClN2S. The maximum Gasteiger partial charge on any atom is 0.102 e. The topological polar surface area (TPSA) is 35.8 Å². The summed E-state index contributed by atoms with van der Waals surface area (Å²) in [5, 5.41) is 12.9. The number of fused-ring (bicyclic) bond motifs is 1. The number of anilines is 1. The van der Waals surface area contributed by atoms with E-state index in [1.807, 2.05) is 25.1 Å². The van der Waals surface area contributed by atoms with Crippen molar-refractivity contribution in [1.29, 1.82) is 5.26 Å². The Morgan fingerprint density at radius 3 is 3.10 bits per heavy atom. The third kappa shape index (κ3) is 2.42. The summed E-state index contributed by atoms with van der Waals surface area (Å²) in [5.74, 6) is 0. The Hall–Kier alpha value is -1.50. The Bertz CT molecular complexity index is 684. The molecule has 1 aromatic heterocycles. The van der Waals surface area contributed by atoms with E-state index in [9.17, 15) is 5.26 Å². The molecule has 0 amide bonds. The van der Waals surface area contributed by atoms with Crippen LogP contribution in [0.15, 0.2) is 24.3 Å². The lowest BCUT2D eigenvalue weighted by Crippen LogP contribution is -2.16. The van der Waals surface area contributed by atoms with Crippen molar-refractivity contribution in [3.8, 4) is 6.07 Å². The molecule has 1 N–H and O–H groups in total. The largest absolute Gasteiger partial charge is 0.377 e. The second kappa shape index (κ2) is 5.47. The number of nitrogens with zero attached hydrogens (tertiary/aromatic N) is 1. The molecule has 1 aromatic carbocycles. The summed E-state index contributed by atoms with van der Waals surface area (Å²) in [6.07, 6.45) is 3.36. The van der Waals surface area contributed by atoms with E-state index in [-0.39, 0.29) is 6.04 Å². The highest BCUT2D eigenvalue weighted by Crippen LogP contribution is 2.39. The van der Waals surface area contributed by atoms with Gasteiger partial charge in [0.25, 0.3) is 0 Å². The van der Waals surface area contributed by atoms with Crippen molar-refractivity contribution in [2.45, 2.75) is 32.2 Å². The molecule has 2 nitrogen and oxygen atoms in total. The lowest BCUT2D eigenvalue weighted by molar-refractivity contribution is 0.608. The van der Waals surface area contributed by atoms with Crippen molar-refractivity contribution >= 4 is 28.6 Å².